The second-order valence-corrected chi connectivity index (χ2v) is 5.41. The van der Waals surface area contributed by atoms with Crippen LogP contribution in [0.2, 0.25) is 0 Å². The van der Waals surface area contributed by atoms with E-state index in [-0.39, 0.29) is 0 Å². The lowest BCUT2D eigenvalue weighted by Crippen LogP contribution is -2.28. The fourth-order valence-electron chi connectivity index (χ4n) is 2.82. The van der Waals surface area contributed by atoms with E-state index in [1.807, 2.05) is 12.1 Å². The Morgan fingerprint density at radius 1 is 1.27 bits per heavy atom. The number of H-pyrrole nitrogens is 1. The minimum Gasteiger partial charge on any atom is -0.333 e. The second-order valence-electron chi connectivity index (χ2n) is 5.41. The van der Waals surface area contributed by atoms with Gasteiger partial charge in [0.2, 0.25) is 5.82 Å². The van der Waals surface area contributed by atoms with E-state index in [9.17, 15) is 0 Å². The summed E-state index contributed by atoms with van der Waals surface area (Å²) < 4.78 is 5.43. The first kappa shape index (κ1) is 13.1. The number of aromatic nitrogens is 5. The van der Waals surface area contributed by atoms with Gasteiger partial charge in [0.25, 0.3) is 5.89 Å². The number of piperidine rings is 1. The lowest BCUT2D eigenvalue weighted by atomic mass is 9.94. The highest BCUT2D eigenvalue weighted by Gasteiger charge is 2.23. The van der Waals surface area contributed by atoms with Crippen molar-refractivity contribution in [2.45, 2.75) is 18.8 Å². The molecule has 22 heavy (non-hydrogen) atoms. The van der Waals surface area contributed by atoms with E-state index >= 15 is 0 Å². The lowest BCUT2D eigenvalue weighted by molar-refractivity contribution is 0.428. The van der Waals surface area contributed by atoms with E-state index in [1.54, 1.807) is 18.6 Å². The Morgan fingerprint density at radius 2 is 2.27 bits per heavy atom. The van der Waals surface area contributed by atoms with Crippen molar-refractivity contribution in [2.75, 3.05) is 13.1 Å². The van der Waals surface area contributed by atoms with Gasteiger partial charge in [0.05, 0.1) is 17.5 Å². The monoisotopic (exact) mass is 296 g/mol. The fourth-order valence-corrected chi connectivity index (χ4v) is 2.82. The minimum atomic E-state index is 0.403. The van der Waals surface area contributed by atoms with Crippen LogP contribution in [-0.4, -0.2) is 38.4 Å². The van der Waals surface area contributed by atoms with Gasteiger partial charge in [0.15, 0.2) is 0 Å². The molecular weight excluding hydrogens is 280 g/mol. The highest BCUT2D eigenvalue weighted by atomic mass is 16.5. The maximum absolute atomic E-state index is 5.43. The summed E-state index contributed by atoms with van der Waals surface area (Å²) in [5.41, 5.74) is 2.78. The molecule has 0 aliphatic carbocycles. The Bertz CT molecular complexity index is 744. The summed E-state index contributed by atoms with van der Waals surface area (Å²) in [4.78, 5) is 8.56. The molecule has 1 unspecified atom stereocenters. The third kappa shape index (κ3) is 2.39. The number of rotatable bonds is 3. The van der Waals surface area contributed by atoms with Crippen LogP contribution in [0.5, 0.6) is 0 Å². The molecular formula is C15H16N6O. The van der Waals surface area contributed by atoms with Crippen LogP contribution in [0.3, 0.4) is 0 Å². The second kappa shape index (κ2) is 5.69. The summed E-state index contributed by atoms with van der Waals surface area (Å²) in [5.74, 6) is 1.44. The molecule has 1 aliphatic rings. The van der Waals surface area contributed by atoms with Crippen LogP contribution in [0.25, 0.3) is 22.8 Å². The molecule has 0 radical (unpaired) electrons. The van der Waals surface area contributed by atoms with Gasteiger partial charge in [-0.05, 0) is 31.5 Å². The summed E-state index contributed by atoms with van der Waals surface area (Å²) in [7, 11) is 0. The first-order valence-electron chi connectivity index (χ1n) is 7.40. The predicted molar refractivity (Wildman–Crippen MR) is 80.0 cm³/mol. The van der Waals surface area contributed by atoms with Crippen LogP contribution >= 0.6 is 0 Å². The molecule has 1 atom stereocenters. The number of aromatic amines is 1. The standard InChI is InChI=1S/C15H16N6O/c1-3-10(7-16-5-1)13-12(9-18-20-13)15-19-14(21-22-15)11-4-2-6-17-8-11/h2,4,6,8-10,16H,1,3,5,7H2,(H,18,20). The van der Waals surface area contributed by atoms with E-state index in [1.165, 1.54) is 0 Å². The summed E-state index contributed by atoms with van der Waals surface area (Å²) in [5, 5.41) is 14.7. The zero-order valence-corrected chi connectivity index (χ0v) is 12.0. The van der Waals surface area contributed by atoms with Crippen molar-refractivity contribution in [2.24, 2.45) is 0 Å². The van der Waals surface area contributed by atoms with Crippen LogP contribution in [0.1, 0.15) is 24.5 Å². The fraction of sp³-hybridized carbons (Fsp3) is 0.333. The van der Waals surface area contributed by atoms with Gasteiger partial charge in [-0.15, -0.1) is 0 Å². The molecule has 7 heteroatoms. The average Bonchev–Trinajstić information content (AvgIpc) is 3.25. The molecule has 1 fully saturated rings. The Morgan fingerprint density at radius 3 is 3.09 bits per heavy atom. The molecule has 4 rings (SSSR count). The molecule has 3 aromatic heterocycles. The number of nitrogens with one attached hydrogen (secondary N) is 2. The number of hydrogen-bond acceptors (Lipinski definition) is 6. The molecule has 0 saturated carbocycles. The third-order valence-corrected chi connectivity index (χ3v) is 3.95. The van der Waals surface area contributed by atoms with Crippen molar-refractivity contribution in [3.05, 3.63) is 36.4 Å². The van der Waals surface area contributed by atoms with Gasteiger partial charge in [0.1, 0.15) is 0 Å². The SMILES string of the molecule is c1cncc(-c2noc(-c3cn[nH]c3C3CCCNC3)n2)c1. The summed E-state index contributed by atoms with van der Waals surface area (Å²) in [6.45, 7) is 2.02. The first-order chi connectivity index (χ1) is 10.9. The molecule has 1 saturated heterocycles. The topological polar surface area (TPSA) is 92.5 Å². The normalized spacial score (nSPS) is 18.5. The largest absolute Gasteiger partial charge is 0.333 e. The number of pyridine rings is 1. The molecule has 0 aromatic carbocycles. The van der Waals surface area contributed by atoms with Gasteiger partial charge in [-0.1, -0.05) is 5.16 Å². The number of nitrogens with zero attached hydrogens (tertiary/aromatic N) is 4. The highest BCUT2D eigenvalue weighted by molar-refractivity contribution is 5.60. The molecule has 1 aliphatic heterocycles. The van der Waals surface area contributed by atoms with Gasteiger partial charge < -0.3 is 9.84 Å². The molecule has 2 N–H and O–H groups in total. The van der Waals surface area contributed by atoms with Gasteiger partial charge in [0, 0.05) is 30.4 Å². The Labute approximate surface area is 127 Å². The van der Waals surface area contributed by atoms with Gasteiger partial charge in [-0.3, -0.25) is 10.1 Å². The van der Waals surface area contributed by atoms with E-state index in [0.29, 0.717) is 17.6 Å². The smallest absolute Gasteiger partial charge is 0.261 e. The molecule has 3 aromatic rings. The van der Waals surface area contributed by atoms with Crippen LogP contribution in [0.15, 0.2) is 35.2 Å². The van der Waals surface area contributed by atoms with Gasteiger partial charge >= 0.3 is 0 Å². The molecule has 112 valence electrons. The van der Waals surface area contributed by atoms with E-state index in [2.05, 4.69) is 30.6 Å². The Kier molecular flexibility index (Phi) is 3.40. The minimum absolute atomic E-state index is 0.403. The molecule has 0 spiro atoms. The predicted octanol–water partition coefficient (Wildman–Crippen LogP) is 1.99. The Hall–Kier alpha value is -2.54. The van der Waals surface area contributed by atoms with Crippen molar-refractivity contribution in [1.82, 2.24) is 30.6 Å². The maximum atomic E-state index is 5.43. The van der Waals surface area contributed by atoms with Gasteiger partial charge in [-0.2, -0.15) is 10.1 Å². The summed E-state index contributed by atoms with van der Waals surface area (Å²) in [6.07, 6.45) is 7.48. The van der Waals surface area contributed by atoms with Crippen LogP contribution in [-0.2, 0) is 0 Å². The number of hydrogen-bond donors (Lipinski definition) is 2. The molecule has 0 bridgehead atoms. The zero-order chi connectivity index (χ0) is 14.8. The van der Waals surface area contributed by atoms with Crippen molar-refractivity contribution in [3.8, 4) is 22.8 Å². The van der Waals surface area contributed by atoms with Crippen molar-refractivity contribution < 1.29 is 4.52 Å². The van der Waals surface area contributed by atoms with E-state index in [4.69, 9.17) is 4.52 Å². The van der Waals surface area contributed by atoms with Crippen LogP contribution < -0.4 is 5.32 Å². The van der Waals surface area contributed by atoms with Crippen LogP contribution in [0, 0.1) is 0 Å². The maximum Gasteiger partial charge on any atom is 0.261 e. The zero-order valence-electron chi connectivity index (χ0n) is 12.0. The molecule has 4 heterocycles. The quantitative estimate of drug-likeness (QED) is 0.768. The molecule has 0 amide bonds. The van der Waals surface area contributed by atoms with Crippen LogP contribution in [0.4, 0.5) is 0 Å². The highest BCUT2D eigenvalue weighted by Crippen LogP contribution is 2.31. The molecule has 7 nitrogen and oxygen atoms in total. The summed E-state index contributed by atoms with van der Waals surface area (Å²) >= 11 is 0. The van der Waals surface area contributed by atoms with Crippen molar-refractivity contribution in [1.29, 1.82) is 0 Å². The van der Waals surface area contributed by atoms with Gasteiger partial charge in [-0.25, -0.2) is 0 Å². The first-order valence-corrected chi connectivity index (χ1v) is 7.40. The Balaban J connectivity index is 1.66. The summed E-state index contributed by atoms with van der Waals surface area (Å²) in [6, 6.07) is 3.76. The van der Waals surface area contributed by atoms with E-state index < -0.39 is 0 Å². The van der Waals surface area contributed by atoms with E-state index in [0.717, 1.165) is 42.8 Å². The van der Waals surface area contributed by atoms with Crippen molar-refractivity contribution in [3.63, 3.8) is 0 Å². The third-order valence-electron chi connectivity index (χ3n) is 3.95. The average molecular weight is 296 g/mol. The lowest BCUT2D eigenvalue weighted by Gasteiger charge is -2.21. The van der Waals surface area contributed by atoms with Crippen molar-refractivity contribution >= 4 is 0 Å².